The summed E-state index contributed by atoms with van der Waals surface area (Å²) in [6.07, 6.45) is 9.63. The van der Waals surface area contributed by atoms with Crippen LogP contribution in [0.2, 0.25) is 0 Å². The van der Waals surface area contributed by atoms with Crippen molar-refractivity contribution in [3.63, 3.8) is 0 Å². The smallest absolute Gasteiger partial charge is 0.0634 e. The topological polar surface area (TPSA) is 24.5 Å². The lowest BCUT2D eigenvalue weighted by atomic mass is 9.83. The van der Waals surface area contributed by atoms with Gasteiger partial charge in [0.25, 0.3) is 0 Å². The SMILES string of the molecule is COC(C)(C)CCN1CCCNC(C2CCCCC2)C1. The van der Waals surface area contributed by atoms with E-state index in [1.165, 1.54) is 64.7 Å². The van der Waals surface area contributed by atoms with Crippen LogP contribution in [-0.2, 0) is 4.74 Å². The Morgan fingerprint density at radius 3 is 2.60 bits per heavy atom. The zero-order valence-corrected chi connectivity index (χ0v) is 13.8. The van der Waals surface area contributed by atoms with Crippen LogP contribution in [-0.4, -0.2) is 49.8 Å². The van der Waals surface area contributed by atoms with Crippen LogP contribution in [0.3, 0.4) is 0 Å². The summed E-state index contributed by atoms with van der Waals surface area (Å²) in [5, 5.41) is 3.82. The Balaban J connectivity index is 1.83. The van der Waals surface area contributed by atoms with E-state index < -0.39 is 0 Å². The Hall–Kier alpha value is -0.120. The van der Waals surface area contributed by atoms with Gasteiger partial charge >= 0.3 is 0 Å². The number of nitrogens with zero attached hydrogens (tertiary/aromatic N) is 1. The van der Waals surface area contributed by atoms with Gasteiger partial charge < -0.3 is 15.0 Å². The van der Waals surface area contributed by atoms with E-state index in [0.29, 0.717) is 0 Å². The van der Waals surface area contributed by atoms with E-state index in [1.807, 2.05) is 7.11 Å². The molecule has 1 aliphatic carbocycles. The van der Waals surface area contributed by atoms with Crippen LogP contribution in [0.15, 0.2) is 0 Å². The molecule has 3 heteroatoms. The van der Waals surface area contributed by atoms with Gasteiger partial charge in [-0.15, -0.1) is 0 Å². The summed E-state index contributed by atoms with van der Waals surface area (Å²) in [6.45, 7) is 9.25. The van der Waals surface area contributed by atoms with Gasteiger partial charge in [-0.05, 0) is 58.5 Å². The highest BCUT2D eigenvalue weighted by atomic mass is 16.5. The van der Waals surface area contributed by atoms with E-state index in [4.69, 9.17) is 4.74 Å². The molecular weight excluding hydrogens is 248 g/mol. The summed E-state index contributed by atoms with van der Waals surface area (Å²) in [7, 11) is 1.83. The molecule has 2 rings (SSSR count). The number of hydrogen-bond acceptors (Lipinski definition) is 3. The summed E-state index contributed by atoms with van der Waals surface area (Å²) in [4.78, 5) is 2.67. The minimum absolute atomic E-state index is 0.0140. The van der Waals surface area contributed by atoms with Crippen LogP contribution < -0.4 is 5.32 Å². The predicted molar refractivity (Wildman–Crippen MR) is 85.1 cm³/mol. The largest absolute Gasteiger partial charge is 0.379 e. The Bertz CT molecular complexity index is 274. The Labute approximate surface area is 125 Å². The number of ether oxygens (including phenoxy) is 1. The second kappa shape index (κ2) is 7.77. The molecule has 0 spiro atoms. The molecule has 0 aromatic rings. The van der Waals surface area contributed by atoms with Crippen LogP contribution in [0.4, 0.5) is 0 Å². The van der Waals surface area contributed by atoms with Crippen LogP contribution in [0, 0.1) is 5.92 Å². The van der Waals surface area contributed by atoms with Crippen molar-refractivity contribution < 1.29 is 4.74 Å². The zero-order chi connectivity index (χ0) is 14.4. The normalized spacial score (nSPS) is 27.4. The van der Waals surface area contributed by atoms with E-state index >= 15 is 0 Å². The van der Waals surface area contributed by atoms with Crippen LogP contribution in [0.25, 0.3) is 0 Å². The summed E-state index contributed by atoms with van der Waals surface area (Å²) >= 11 is 0. The fourth-order valence-corrected chi connectivity index (χ4v) is 3.61. The maximum Gasteiger partial charge on any atom is 0.0634 e. The van der Waals surface area contributed by atoms with Crippen molar-refractivity contribution in [2.75, 3.05) is 33.3 Å². The Morgan fingerprint density at radius 2 is 1.90 bits per heavy atom. The zero-order valence-electron chi connectivity index (χ0n) is 13.8. The standard InChI is InChI=1S/C17H34N2O/c1-17(2,20-3)10-13-19-12-7-11-18-16(14-19)15-8-5-4-6-9-15/h15-16,18H,4-14H2,1-3H3. The molecule has 0 bridgehead atoms. The fraction of sp³-hybridized carbons (Fsp3) is 1.00. The van der Waals surface area contributed by atoms with Gasteiger partial charge in [-0.25, -0.2) is 0 Å². The van der Waals surface area contributed by atoms with Gasteiger partial charge in [0.2, 0.25) is 0 Å². The van der Waals surface area contributed by atoms with Crippen LogP contribution >= 0.6 is 0 Å². The molecule has 1 aliphatic heterocycles. The first-order valence-electron chi connectivity index (χ1n) is 8.61. The Morgan fingerprint density at radius 1 is 1.15 bits per heavy atom. The van der Waals surface area contributed by atoms with Crippen molar-refractivity contribution in [3.8, 4) is 0 Å². The van der Waals surface area contributed by atoms with E-state index in [2.05, 4.69) is 24.1 Å². The first-order chi connectivity index (χ1) is 9.61. The maximum absolute atomic E-state index is 5.56. The lowest BCUT2D eigenvalue weighted by Crippen LogP contribution is -2.44. The molecule has 1 saturated carbocycles. The molecule has 1 N–H and O–H groups in total. The molecule has 0 radical (unpaired) electrons. The monoisotopic (exact) mass is 282 g/mol. The molecule has 1 saturated heterocycles. The van der Waals surface area contributed by atoms with Crippen molar-refractivity contribution in [2.45, 2.75) is 70.4 Å². The summed E-state index contributed by atoms with van der Waals surface area (Å²) in [6, 6.07) is 0.725. The lowest BCUT2D eigenvalue weighted by Gasteiger charge is -2.34. The highest BCUT2D eigenvalue weighted by Crippen LogP contribution is 2.27. The van der Waals surface area contributed by atoms with Gasteiger partial charge in [-0.1, -0.05) is 19.3 Å². The minimum atomic E-state index is 0.0140. The second-order valence-electron chi connectivity index (χ2n) is 7.33. The van der Waals surface area contributed by atoms with Crippen molar-refractivity contribution in [1.29, 1.82) is 0 Å². The molecular formula is C17H34N2O. The average molecular weight is 282 g/mol. The fourth-order valence-electron chi connectivity index (χ4n) is 3.61. The van der Waals surface area contributed by atoms with E-state index in [9.17, 15) is 0 Å². The third-order valence-corrected chi connectivity index (χ3v) is 5.31. The van der Waals surface area contributed by atoms with Crippen molar-refractivity contribution in [1.82, 2.24) is 10.2 Å². The van der Waals surface area contributed by atoms with Gasteiger partial charge in [0.15, 0.2) is 0 Å². The second-order valence-corrected chi connectivity index (χ2v) is 7.33. The van der Waals surface area contributed by atoms with Crippen molar-refractivity contribution in [3.05, 3.63) is 0 Å². The number of hydrogen-bond donors (Lipinski definition) is 1. The first-order valence-corrected chi connectivity index (χ1v) is 8.61. The van der Waals surface area contributed by atoms with E-state index in [1.54, 1.807) is 0 Å². The molecule has 0 aromatic heterocycles. The predicted octanol–water partition coefficient (Wildman–Crippen LogP) is 3.05. The molecule has 3 nitrogen and oxygen atoms in total. The van der Waals surface area contributed by atoms with Crippen molar-refractivity contribution in [2.24, 2.45) is 5.92 Å². The average Bonchev–Trinajstić information content (AvgIpc) is 2.72. The quantitative estimate of drug-likeness (QED) is 0.839. The van der Waals surface area contributed by atoms with E-state index in [-0.39, 0.29) is 5.60 Å². The first kappa shape index (κ1) is 16.3. The van der Waals surface area contributed by atoms with Gasteiger partial charge in [-0.3, -0.25) is 0 Å². The summed E-state index contributed by atoms with van der Waals surface area (Å²) < 4.78 is 5.56. The van der Waals surface area contributed by atoms with Crippen LogP contribution in [0.1, 0.15) is 58.8 Å². The number of nitrogens with one attached hydrogen (secondary N) is 1. The van der Waals surface area contributed by atoms with Gasteiger partial charge in [-0.2, -0.15) is 0 Å². The van der Waals surface area contributed by atoms with Gasteiger partial charge in [0, 0.05) is 26.2 Å². The van der Waals surface area contributed by atoms with Gasteiger partial charge in [0.1, 0.15) is 0 Å². The number of rotatable bonds is 5. The lowest BCUT2D eigenvalue weighted by molar-refractivity contribution is 0.00681. The third kappa shape index (κ3) is 5.01. The number of methoxy groups -OCH3 is 1. The molecule has 0 aromatic carbocycles. The highest BCUT2D eigenvalue weighted by Gasteiger charge is 2.27. The van der Waals surface area contributed by atoms with E-state index in [0.717, 1.165) is 18.4 Å². The molecule has 2 aliphatic rings. The van der Waals surface area contributed by atoms with Gasteiger partial charge in [0.05, 0.1) is 5.60 Å². The molecule has 2 fully saturated rings. The molecule has 1 heterocycles. The summed E-state index contributed by atoms with van der Waals surface area (Å²) in [5.41, 5.74) is 0.0140. The molecule has 1 unspecified atom stereocenters. The Kier molecular flexibility index (Phi) is 6.31. The molecule has 20 heavy (non-hydrogen) atoms. The minimum Gasteiger partial charge on any atom is -0.379 e. The van der Waals surface area contributed by atoms with Crippen LogP contribution in [0.5, 0.6) is 0 Å². The summed E-state index contributed by atoms with van der Waals surface area (Å²) in [5.74, 6) is 0.916. The molecule has 1 atom stereocenters. The molecule has 0 amide bonds. The maximum atomic E-state index is 5.56. The molecule has 118 valence electrons. The van der Waals surface area contributed by atoms with Crippen molar-refractivity contribution >= 4 is 0 Å². The highest BCUT2D eigenvalue weighted by molar-refractivity contribution is 4.85. The third-order valence-electron chi connectivity index (χ3n) is 5.31.